The van der Waals surface area contributed by atoms with Crippen LogP contribution in [0.2, 0.25) is 50.4 Å². The summed E-state index contributed by atoms with van der Waals surface area (Å²) < 4.78 is 4.79. The first kappa shape index (κ1) is 19.7. The van der Waals surface area contributed by atoms with Gasteiger partial charge in [-0.15, -0.1) is 0 Å². The van der Waals surface area contributed by atoms with Crippen LogP contribution in [0.15, 0.2) is 11.3 Å². The van der Waals surface area contributed by atoms with Crippen molar-refractivity contribution in [2.45, 2.75) is 64.2 Å². The van der Waals surface area contributed by atoms with Crippen LogP contribution >= 0.6 is 0 Å². The molecule has 0 aliphatic rings. The number of hydrogen-bond acceptors (Lipinski definition) is 2. The number of carboxylic acid groups (broad SMARTS) is 1. The summed E-state index contributed by atoms with van der Waals surface area (Å²) in [5.74, 6) is 0. The van der Waals surface area contributed by atoms with Gasteiger partial charge in [-0.1, -0.05) is 61.6 Å². The zero-order chi connectivity index (χ0) is 15.8. The van der Waals surface area contributed by atoms with Gasteiger partial charge in [0.15, 0.2) is 0 Å². The summed E-state index contributed by atoms with van der Waals surface area (Å²) in [4.78, 5) is 10.5. The predicted octanol–water partition coefficient (Wildman–Crippen LogP) is 4.15. The third-order valence-electron chi connectivity index (χ3n) is 3.98. The second-order valence-electron chi connectivity index (χ2n) is 7.37. The molecular weight excluding hydrogens is 300 g/mol. The van der Waals surface area contributed by atoms with Crippen molar-refractivity contribution in [3.63, 3.8) is 0 Å². The molecule has 0 amide bonds. The quantitative estimate of drug-likeness (QED) is 0.509. The molecule has 3 nitrogen and oxygen atoms in total. The van der Waals surface area contributed by atoms with Crippen LogP contribution in [0.25, 0.3) is 0 Å². The molecule has 0 aliphatic carbocycles. The van der Waals surface area contributed by atoms with Crippen molar-refractivity contribution in [1.29, 1.82) is 0 Å². The average molecular weight is 333 g/mol. The monoisotopic (exact) mass is 332 g/mol. The number of allylic oxidation sites excluding steroid dienone is 2. The second kappa shape index (κ2) is 8.84. The van der Waals surface area contributed by atoms with Gasteiger partial charge >= 0.3 is 6.16 Å². The highest BCUT2D eigenvalue weighted by atomic mass is 28.3. The lowest BCUT2D eigenvalue weighted by atomic mass is 10.6. The molecule has 118 valence electrons. The number of hydrogen-bond donors (Lipinski definition) is 1. The predicted molar refractivity (Wildman–Crippen MR) is 96.1 cm³/mol. The Labute approximate surface area is 128 Å². The summed E-state index contributed by atoms with van der Waals surface area (Å²) in [5, 5.41) is 10.2. The summed E-state index contributed by atoms with van der Waals surface area (Å²) >= 11 is 0. The lowest BCUT2D eigenvalue weighted by molar-refractivity contribution is 0.105. The first-order valence-corrected chi connectivity index (χ1v) is 16.1. The first-order chi connectivity index (χ1) is 9.08. The van der Waals surface area contributed by atoms with E-state index in [4.69, 9.17) is 9.84 Å². The average Bonchev–Trinajstić information content (AvgIpc) is 2.34. The van der Waals surface area contributed by atoms with Gasteiger partial charge in [0.2, 0.25) is 0 Å². The van der Waals surface area contributed by atoms with Gasteiger partial charge in [-0.25, -0.2) is 4.79 Å². The maximum Gasteiger partial charge on any atom is 0.505 e. The molecule has 0 heterocycles. The van der Waals surface area contributed by atoms with Gasteiger partial charge < -0.3 is 9.84 Å². The van der Waals surface area contributed by atoms with Crippen molar-refractivity contribution in [2.24, 2.45) is 0 Å². The molecular formula is C14H32O3Si3. The molecule has 0 aromatic heterocycles. The Morgan fingerprint density at radius 3 is 2.20 bits per heavy atom. The highest BCUT2D eigenvalue weighted by molar-refractivity contribution is 6.83. The van der Waals surface area contributed by atoms with Crippen LogP contribution in [0, 0.1) is 0 Å². The van der Waals surface area contributed by atoms with Crippen LogP contribution in [-0.4, -0.2) is 43.2 Å². The molecule has 0 saturated heterocycles. The summed E-state index contributed by atoms with van der Waals surface area (Å²) in [5.41, 5.74) is 0. The molecule has 0 atom stereocenters. The topological polar surface area (TPSA) is 46.5 Å². The zero-order valence-corrected chi connectivity index (χ0v) is 17.5. The number of carbonyl (C=O) groups is 1. The van der Waals surface area contributed by atoms with E-state index in [-0.39, 0.29) is 9.52 Å². The van der Waals surface area contributed by atoms with Gasteiger partial charge in [0, 0.05) is 17.6 Å². The molecule has 20 heavy (non-hydrogen) atoms. The normalized spacial score (nSPS) is 14.0. The molecule has 1 N–H and O–H groups in total. The Morgan fingerprint density at radius 1 is 1.15 bits per heavy atom. The molecule has 0 unspecified atom stereocenters. The highest BCUT2D eigenvalue weighted by Gasteiger charge is 2.28. The summed E-state index contributed by atoms with van der Waals surface area (Å²) in [6.45, 7) is 13.8. The minimum absolute atomic E-state index is 0.0109. The minimum Gasteiger partial charge on any atom is -0.450 e. The van der Waals surface area contributed by atoms with Crippen LogP contribution in [-0.2, 0) is 4.74 Å². The van der Waals surface area contributed by atoms with E-state index in [1.54, 1.807) is 5.20 Å². The summed E-state index contributed by atoms with van der Waals surface area (Å²) in [6, 6.07) is 5.37. The van der Waals surface area contributed by atoms with Gasteiger partial charge in [-0.3, -0.25) is 0 Å². The Hall–Kier alpha value is -0.339. The number of rotatable bonds is 9. The van der Waals surface area contributed by atoms with Crippen LogP contribution < -0.4 is 0 Å². The van der Waals surface area contributed by atoms with Crippen molar-refractivity contribution in [3.8, 4) is 0 Å². The Bertz CT molecular complexity index is 339. The van der Waals surface area contributed by atoms with Gasteiger partial charge in [0.25, 0.3) is 0 Å². The van der Waals surface area contributed by atoms with Crippen molar-refractivity contribution in [3.05, 3.63) is 11.3 Å². The van der Waals surface area contributed by atoms with E-state index >= 15 is 0 Å². The summed E-state index contributed by atoms with van der Waals surface area (Å²) in [7, 11) is -2.63. The largest absolute Gasteiger partial charge is 0.505 e. The minimum atomic E-state index is -1.51. The van der Waals surface area contributed by atoms with Crippen LogP contribution in [0.4, 0.5) is 4.79 Å². The van der Waals surface area contributed by atoms with E-state index < -0.39 is 22.3 Å². The molecule has 0 rings (SSSR count). The first-order valence-electron chi connectivity index (χ1n) is 7.55. The Kier molecular flexibility index (Phi) is 8.69. The SMILES string of the molecule is CC=C(C)[SiH2]CC[Si](C)(C)CC[Si](C)(C)COC(=O)O. The standard InChI is InChI=1S/C14H32O3Si3/c1-7-13(2)18-8-9-19(3,4)10-11-20(5,6)12-17-14(15)16/h7H,8-12,18H2,1-6H3,(H,15,16). The Morgan fingerprint density at radius 2 is 1.70 bits per heavy atom. The van der Waals surface area contributed by atoms with E-state index in [1.165, 1.54) is 24.2 Å². The smallest absolute Gasteiger partial charge is 0.450 e. The molecule has 6 heteroatoms. The van der Waals surface area contributed by atoms with Crippen molar-refractivity contribution in [2.75, 3.05) is 6.23 Å². The van der Waals surface area contributed by atoms with Crippen LogP contribution in [0.5, 0.6) is 0 Å². The van der Waals surface area contributed by atoms with Crippen LogP contribution in [0.1, 0.15) is 13.8 Å². The van der Waals surface area contributed by atoms with Crippen molar-refractivity contribution in [1.82, 2.24) is 0 Å². The fourth-order valence-corrected chi connectivity index (χ4v) is 13.8. The summed E-state index contributed by atoms with van der Waals surface area (Å²) in [6.07, 6.45) is 1.58. The van der Waals surface area contributed by atoms with Gasteiger partial charge in [0.1, 0.15) is 0 Å². The third-order valence-corrected chi connectivity index (χ3v) is 12.9. The van der Waals surface area contributed by atoms with Gasteiger partial charge in [0.05, 0.1) is 14.3 Å². The fraction of sp³-hybridized carbons (Fsp3) is 0.786. The third kappa shape index (κ3) is 10.4. The lowest BCUT2D eigenvalue weighted by Crippen LogP contribution is -2.37. The lowest BCUT2D eigenvalue weighted by Gasteiger charge is -2.28. The second-order valence-corrected chi connectivity index (χ2v) is 20.1. The highest BCUT2D eigenvalue weighted by Crippen LogP contribution is 2.25. The van der Waals surface area contributed by atoms with Crippen molar-refractivity contribution < 1.29 is 14.6 Å². The molecule has 0 saturated carbocycles. The van der Waals surface area contributed by atoms with E-state index in [0.717, 1.165) is 0 Å². The maximum atomic E-state index is 10.5. The Balaban J connectivity index is 4.09. The van der Waals surface area contributed by atoms with E-state index in [2.05, 4.69) is 46.1 Å². The molecule has 0 aromatic carbocycles. The maximum absolute atomic E-state index is 10.5. The van der Waals surface area contributed by atoms with Gasteiger partial charge in [-0.2, -0.15) is 0 Å². The van der Waals surface area contributed by atoms with E-state index in [1.807, 2.05) is 0 Å². The molecule has 0 radical (unpaired) electrons. The van der Waals surface area contributed by atoms with Crippen molar-refractivity contribution >= 4 is 31.8 Å². The molecule has 0 spiro atoms. The van der Waals surface area contributed by atoms with Crippen LogP contribution in [0.3, 0.4) is 0 Å². The number of ether oxygens (including phenoxy) is 1. The zero-order valence-electron chi connectivity index (χ0n) is 14.1. The van der Waals surface area contributed by atoms with E-state index in [0.29, 0.717) is 6.23 Å². The molecule has 0 aliphatic heterocycles. The molecule has 0 aromatic rings. The van der Waals surface area contributed by atoms with E-state index in [9.17, 15) is 4.79 Å². The molecule has 0 bridgehead atoms. The van der Waals surface area contributed by atoms with Gasteiger partial charge in [-0.05, 0) is 13.8 Å². The fourth-order valence-electron chi connectivity index (χ4n) is 2.12. The molecule has 0 fully saturated rings.